The molecule has 8 heteroatoms. The fraction of sp³-hybridized carbons (Fsp3) is 0.344. The molecule has 0 saturated heterocycles. The van der Waals surface area contributed by atoms with Crippen LogP contribution in [0.2, 0.25) is 0 Å². The largest absolute Gasteiger partial charge is 0.361 e. The van der Waals surface area contributed by atoms with Crippen LogP contribution in [0.3, 0.4) is 0 Å². The van der Waals surface area contributed by atoms with Gasteiger partial charge in [-0.15, -0.1) is 0 Å². The second-order valence-electron chi connectivity index (χ2n) is 11.0. The zero-order chi connectivity index (χ0) is 29.0. The number of aromatic amines is 1. The number of benzene rings is 3. The van der Waals surface area contributed by atoms with Gasteiger partial charge in [0.05, 0.1) is 11.4 Å². The third-order valence-corrected chi connectivity index (χ3v) is 9.17. The quantitative estimate of drug-likeness (QED) is 0.238. The number of aryl methyl sites for hydroxylation is 3. The molecule has 1 aromatic heterocycles. The number of carbonyl (C=O) groups excluding carboxylic acids is 1. The van der Waals surface area contributed by atoms with E-state index in [1.807, 2.05) is 63.4 Å². The molecule has 0 fully saturated rings. The van der Waals surface area contributed by atoms with Crippen LogP contribution < -0.4 is 0 Å². The summed E-state index contributed by atoms with van der Waals surface area (Å²) in [6.07, 6.45) is 2.54. The Bertz CT molecular complexity index is 1570. The summed E-state index contributed by atoms with van der Waals surface area (Å²) < 4.78 is 42.8. The Morgan fingerprint density at radius 1 is 0.975 bits per heavy atom. The first-order chi connectivity index (χ1) is 19.0. The highest BCUT2D eigenvalue weighted by atomic mass is 32.2. The highest BCUT2D eigenvalue weighted by Gasteiger charge is 2.31. The lowest BCUT2D eigenvalue weighted by Gasteiger charge is -2.29. The van der Waals surface area contributed by atoms with Crippen molar-refractivity contribution in [3.63, 3.8) is 0 Å². The van der Waals surface area contributed by atoms with E-state index in [2.05, 4.69) is 4.98 Å². The molecular formula is C32H38FN3O3S. The van der Waals surface area contributed by atoms with Crippen molar-refractivity contribution in [1.82, 2.24) is 14.2 Å². The Kier molecular flexibility index (Phi) is 9.11. The highest BCUT2D eigenvalue weighted by Crippen LogP contribution is 2.26. The molecule has 0 spiro atoms. The zero-order valence-electron chi connectivity index (χ0n) is 23.9. The monoisotopic (exact) mass is 563 g/mol. The number of sulfonamides is 1. The van der Waals surface area contributed by atoms with Gasteiger partial charge >= 0.3 is 0 Å². The summed E-state index contributed by atoms with van der Waals surface area (Å²) in [6.45, 7) is 9.98. The van der Waals surface area contributed by atoms with Crippen LogP contribution in [-0.4, -0.2) is 48.1 Å². The van der Waals surface area contributed by atoms with E-state index < -0.39 is 10.0 Å². The minimum absolute atomic E-state index is 0.0189. The number of carbonyl (C=O) groups is 1. The van der Waals surface area contributed by atoms with E-state index >= 15 is 0 Å². The first kappa shape index (κ1) is 29.5. The average Bonchev–Trinajstić information content (AvgIpc) is 3.29. The van der Waals surface area contributed by atoms with Gasteiger partial charge in [0, 0.05) is 36.7 Å². The molecule has 1 amide bonds. The molecule has 0 bridgehead atoms. The topological polar surface area (TPSA) is 73.5 Å². The van der Waals surface area contributed by atoms with Crippen LogP contribution in [0, 0.1) is 32.5 Å². The number of aromatic nitrogens is 1. The highest BCUT2D eigenvalue weighted by molar-refractivity contribution is 7.89. The first-order valence-corrected chi connectivity index (χ1v) is 15.0. The normalized spacial score (nSPS) is 12.0. The number of H-pyrrole nitrogens is 1. The third-order valence-electron chi connectivity index (χ3n) is 7.05. The van der Waals surface area contributed by atoms with E-state index in [1.165, 1.54) is 16.4 Å². The van der Waals surface area contributed by atoms with Crippen molar-refractivity contribution in [2.24, 2.45) is 5.92 Å². The summed E-state index contributed by atoms with van der Waals surface area (Å²) in [5.41, 5.74) is 5.19. The standard InChI is InChI=1S/C32H38FN3O3S/c1-22(2)19-36(40(38,39)32-24(4)16-23(3)17-25(32)5)21-31(37)35(20-26-10-12-28(33)13-11-26)15-14-27-18-34-30-9-7-6-8-29(27)30/h6-13,16-18,22,34H,14-15,19-21H2,1-5H3. The number of fused-ring (bicyclic) bond motifs is 1. The van der Waals surface area contributed by atoms with Crippen LogP contribution >= 0.6 is 0 Å². The predicted octanol–water partition coefficient (Wildman–Crippen LogP) is 6.15. The Morgan fingerprint density at radius 3 is 2.27 bits per heavy atom. The van der Waals surface area contributed by atoms with Gasteiger partial charge in [0.15, 0.2) is 0 Å². The van der Waals surface area contributed by atoms with Crippen LogP contribution in [0.1, 0.15) is 41.7 Å². The number of nitrogens with one attached hydrogen (secondary N) is 1. The minimum Gasteiger partial charge on any atom is -0.361 e. The van der Waals surface area contributed by atoms with E-state index in [-0.39, 0.29) is 42.2 Å². The zero-order valence-corrected chi connectivity index (χ0v) is 24.7. The molecule has 0 aliphatic rings. The van der Waals surface area contributed by atoms with E-state index in [0.717, 1.165) is 27.6 Å². The van der Waals surface area contributed by atoms with Gasteiger partial charge in [-0.3, -0.25) is 4.79 Å². The summed E-state index contributed by atoms with van der Waals surface area (Å²) in [4.78, 5) is 19.1. The molecule has 0 unspecified atom stereocenters. The number of para-hydroxylation sites is 1. The number of halogens is 1. The lowest BCUT2D eigenvalue weighted by molar-refractivity contribution is -0.132. The van der Waals surface area contributed by atoms with E-state index in [1.54, 1.807) is 30.9 Å². The van der Waals surface area contributed by atoms with Gasteiger partial charge in [-0.25, -0.2) is 12.8 Å². The summed E-state index contributed by atoms with van der Waals surface area (Å²) in [6, 6.07) is 17.8. The maximum atomic E-state index is 14.0. The second kappa shape index (κ2) is 12.4. The van der Waals surface area contributed by atoms with Crippen molar-refractivity contribution < 1.29 is 17.6 Å². The molecule has 40 heavy (non-hydrogen) atoms. The number of hydrogen-bond donors (Lipinski definition) is 1. The number of rotatable bonds is 11. The molecule has 0 saturated carbocycles. The molecule has 1 N–H and O–H groups in total. The Labute approximate surface area is 236 Å². The summed E-state index contributed by atoms with van der Waals surface area (Å²) >= 11 is 0. The summed E-state index contributed by atoms with van der Waals surface area (Å²) in [7, 11) is -3.94. The van der Waals surface area contributed by atoms with Crippen LogP contribution in [0.4, 0.5) is 4.39 Å². The van der Waals surface area contributed by atoms with Gasteiger partial charge in [-0.05, 0) is 73.6 Å². The lowest BCUT2D eigenvalue weighted by atomic mass is 10.1. The number of nitrogens with zero attached hydrogens (tertiary/aromatic N) is 2. The maximum absolute atomic E-state index is 14.0. The van der Waals surface area contributed by atoms with Gasteiger partial charge < -0.3 is 9.88 Å². The van der Waals surface area contributed by atoms with E-state index in [4.69, 9.17) is 0 Å². The molecule has 0 radical (unpaired) electrons. The van der Waals surface area contributed by atoms with Gasteiger partial charge in [0.2, 0.25) is 15.9 Å². The molecule has 4 aromatic rings. The lowest BCUT2D eigenvalue weighted by Crippen LogP contribution is -2.44. The maximum Gasteiger partial charge on any atom is 0.244 e. The third kappa shape index (κ3) is 6.80. The first-order valence-electron chi connectivity index (χ1n) is 13.6. The van der Waals surface area contributed by atoms with Crippen LogP contribution in [-0.2, 0) is 27.8 Å². The van der Waals surface area contributed by atoms with Crippen molar-refractivity contribution in [3.8, 4) is 0 Å². The molecule has 0 aliphatic heterocycles. The van der Waals surface area contributed by atoms with E-state index in [9.17, 15) is 17.6 Å². The molecule has 6 nitrogen and oxygen atoms in total. The van der Waals surface area contributed by atoms with Crippen molar-refractivity contribution in [2.45, 2.75) is 52.5 Å². The van der Waals surface area contributed by atoms with E-state index in [0.29, 0.717) is 24.1 Å². The minimum atomic E-state index is -3.94. The van der Waals surface area contributed by atoms with Gasteiger partial charge in [-0.1, -0.05) is 61.9 Å². The molecule has 0 atom stereocenters. The fourth-order valence-corrected chi connectivity index (χ4v) is 7.27. The molecule has 1 heterocycles. The summed E-state index contributed by atoms with van der Waals surface area (Å²) in [5, 5.41) is 1.09. The molecule has 3 aromatic carbocycles. The van der Waals surface area contributed by atoms with Crippen LogP contribution in [0.25, 0.3) is 10.9 Å². The van der Waals surface area contributed by atoms with Crippen molar-refractivity contribution >= 4 is 26.8 Å². The smallest absolute Gasteiger partial charge is 0.244 e. The van der Waals surface area contributed by atoms with Gasteiger partial charge in [0.25, 0.3) is 0 Å². The molecule has 0 aliphatic carbocycles. The van der Waals surface area contributed by atoms with Crippen molar-refractivity contribution in [1.29, 1.82) is 0 Å². The summed E-state index contributed by atoms with van der Waals surface area (Å²) in [5.74, 6) is -0.625. The van der Waals surface area contributed by atoms with Gasteiger partial charge in [0.1, 0.15) is 5.82 Å². The average molecular weight is 564 g/mol. The second-order valence-corrected chi connectivity index (χ2v) is 12.8. The molecule has 212 valence electrons. The Balaban J connectivity index is 1.63. The van der Waals surface area contributed by atoms with Gasteiger partial charge in [-0.2, -0.15) is 4.31 Å². The Morgan fingerprint density at radius 2 is 1.62 bits per heavy atom. The van der Waals surface area contributed by atoms with Crippen molar-refractivity contribution in [2.75, 3.05) is 19.6 Å². The Hall–Kier alpha value is -3.49. The number of hydrogen-bond acceptors (Lipinski definition) is 3. The number of amides is 1. The molecule has 4 rings (SSSR count). The predicted molar refractivity (Wildman–Crippen MR) is 158 cm³/mol. The van der Waals surface area contributed by atoms with Crippen LogP contribution in [0.5, 0.6) is 0 Å². The van der Waals surface area contributed by atoms with Crippen molar-refractivity contribution in [3.05, 3.63) is 100 Å². The fourth-order valence-electron chi connectivity index (χ4n) is 5.30. The molecular weight excluding hydrogens is 525 g/mol. The SMILES string of the molecule is Cc1cc(C)c(S(=O)(=O)N(CC(=O)N(CCc2c[nH]c3ccccc23)Cc2ccc(F)cc2)CC(C)C)c(C)c1. The van der Waals surface area contributed by atoms with Crippen LogP contribution in [0.15, 0.2) is 71.8 Å².